The van der Waals surface area contributed by atoms with Gasteiger partial charge in [-0.1, -0.05) is 6.42 Å². The summed E-state index contributed by atoms with van der Waals surface area (Å²) < 4.78 is 0. The van der Waals surface area contributed by atoms with Crippen molar-refractivity contribution < 1.29 is 0 Å². The monoisotopic (exact) mass is 237 g/mol. The molecule has 0 aromatic heterocycles. The molecule has 0 amide bonds. The molecule has 0 radical (unpaired) electrons. The summed E-state index contributed by atoms with van der Waals surface area (Å²) in [5, 5.41) is 0. The maximum Gasteiger partial charge on any atom is 0.0223 e. The lowest BCUT2D eigenvalue weighted by atomic mass is 9.89. The Bertz CT molecular complexity index is 248. The lowest BCUT2D eigenvalue weighted by Crippen LogP contribution is -2.57. The SMILES string of the molecule is NC1CCC(N2CCN3CCCCC3C2)CC1. The highest BCUT2D eigenvalue weighted by molar-refractivity contribution is 4.90. The van der Waals surface area contributed by atoms with E-state index < -0.39 is 0 Å². The van der Waals surface area contributed by atoms with Crippen molar-refractivity contribution in [3.05, 3.63) is 0 Å². The van der Waals surface area contributed by atoms with Crippen LogP contribution in [0.2, 0.25) is 0 Å². The van der Waals surface area contributed by atoms with Gasteiger partial charge in [0, 0.05) is 37.8 Å². The van der Waals surface area contributed by atoms with Gasteiger partial charge in [0.05, 0.1) is 0 Å². The van der Waals surface area contributed by atoms with Crippen LogP contribution in [0.4, 0.5) is 0 Å². The molecule has 0 aromatic rings. The lowest BCUT2D eigenvalue weighted by molar-refractivity contribution is 0.0173. The van der Waals surface area contributed by atoms with Crippen molar-refractivity contribution in [1.29, 1.82) is 0 Å². The van der Waals surface area contributed by atoms with Crippen molar-refractivity contribution in [3.63, 3.8) is 0 Å². The minimum Gasteiger partial charge on any atom is -0.328 e. The van der Waals surface area contributed by atoms with Crippen molar-refractivity contribution in [2.45, 2.75) is 63.1 Å². The minimum absolute atomic E-state index is 0.488. The molecule has 3 heteroatoms. The van der Waals surface area contributed by atoms with Crippen LogP contribution < -0.4 is 5.73 Å². The molecule has 3 fully saturated rings. The third-order valence-corrected chi connectivity index (χ3v) is 5.13. The van der Waals surface area contributed by atoms with Gasteiger partial charge in [-0.3, -0.25) is 9.80 Å². The fourth-order valence-electron chi connectivity index (χ4n) is 3.98. The van der Waals surface area contributed by atoms with Crippen molar-refractivity contribution in [2.75, 3.05) is 26.2 Å². The van der Waals surface area contributed by atoms with E-state index in [4.69, 9.17) is 5.73 Å². The van der Waals surface area contributed by atoms with Gasteiger partial charge in [-0.15, -0.1) is 0 Å². The quantitative estimate of drug-likeness (QED) is 0.749. The molecule has 1 atom stereocenters. The Morgan fingerprint density at radius 3 is 2.29 bits per heavy atom. The molecule has 1 aliphatic carbocycles. The fraction of sp³-hybridized carbons (Fsp3) is 1.00. The first-order chi connectivity index (χ1) is 8.33. The molecule has 0 spiro atoms. The second-order valence-electron chi connectivity index (χ2n) is 6.25. The maximum atomic E-state index is 6.01. The zero-order chi connectivity index (χ0) is 11.7. The molecule has 0 bridgehead atoms. The first kappa shape index (κ1) is 11.9. The summed E-state index contributed by atoms with van der Waals surface area (Å²) in [7, 11) is 0. The third-order valence-electron chi connectivity index (χ3n) is 5.13. The summed E-state index contributed by atoms with van der Waals surface area (Å²) in [6, 6.07) is 2.20. The zero-order valence-electron chi connectivity index (χ0n) is 11.0. The van der Waals surface area contributed by atoms with E-state index in [2.05, 4.69) is 9.80 Å². The summed E-state index contributed by atoms with van der Waals surface area (Å²) in [6.45, 7) is 5.30. The molecular formula is C14H27N3. The summed E-state index contributed by atoms with van der Waals surface area (Å²) in [5.41, 5.74) is 6.01. The van der Waals surface area contributed by atoms with Crippen molar-refractivity contribution in [3.8, 4) is 0 Å². The van der Waals surface area contributed by atoms with Crippen LogP contribution in [-0.2, 0) is 0 Å². The second kappa shape index (κ2) is 5.25. The number of rotatable bonds is 1. The van der Waals surface area contributed by atoms with Crippen LogP contribution in [0.15, 0.2) is 0 Å². The molecule has 3 aliphatic rings. The topological polar surface area (TPSA) is 32.5 Å². The summed E-state index contributed by atoms with van der Waals surface area (Å²) in [5.74, 6) is 0. The summed E-state index contributed by atoms with van der Waals surface area (Å²) in [6.07, 6.45) is 9.48. The number of nitrogens with two attached hydrogens (primary N) is 1. The zero-order valence-corrected chi connectivity index (χ0v) is 11.0. The van der Waals surface area contributed by atoms with Gasteiger partial charge in [0.1, 0.15) is 0 Å². The van der Waals surface area contributed by atoms with Crippen LogP contribution in [-0.4, -0.2) is 54.1 Å². The van der Waals surface area contributed by atoms with E-state index in [0.29, 0.717) is 6.04 Å². The Labute approximate surface area is 105 Å². The Kier molecular flexibility index (Phi) is 3.69. The normalized spacial score (nSPS) is 41.1. The standard InChI is InChI=1S/C14H27N3/c15-12-4-6-13(7-5-12)17-10-9-16-8-2-1-3-14(16)11-17/h12-14H,1-11,15H2. The summed E-state index contributed by atoms with van der Waals surface area (Å²) in [4.78, 5) is 5.51. The highest BCUT2D eigenvalue weighted by Crippen LogP contribution is 2.27. The molecule has 1 unspecified atom stereocenters. The van der Waals surface area contributed by atoms with Gasteiger partial charge < -0.3 is 5.73 Å². The van der Waals surface area contributed by atoms with Gasteiger partial charge in [-0.05, 0) is 45.1 Å². The number of piperazine rings is 1. The molecule has 2 saturated heterocycles. The van der Waals surface area contributed by atoms with Crippen LogP contribution in [0.25, 0.3) is 0 Å². The lowest BCUT2D eigenvalue weighted by Gasteiger charge is -2.47. The molecule has 3 rings (SSSR count). The van der Waals surface area contributed by atoms with E-state index in [1.165, 1.54) is 71.1 Å². The third kappa shape index (κ3) is 2.67. The smallest absolute Gasteiger partial charge is 0.0223 e. The molecule has 98 valence electrons. The molecule has 3 nitrogen and oxygen atoms in total. The highest BCUT2D eigenvalue weighted by atomic mass is 15.3. The van der Waals surface area contributed by atoms with E-state index in [0.717, 1.165) is 12.1 Å². The van der Waals surface area contributed by atoms with Gasteiger partial charge in [0.2, 0.25) is 0 Å². The first-order valence-electron chi connectivity index (χ1n) is 7.56. The average Bonchev–Trinajstić information content (AvgIpc) is 2.39. The van der Waals surface area contributed by atoms with Gasteiger partial charge in [-0.2, -0.15) is 0 Å². The minimum atomic E-state index is 0.488. The number of fused-ring (bicyclic) bond motifs is 1. The van der Waals surface area contributed by atoms with Gasteiger partial charge in [0.25, 0.3) is 0 Å². The maximum absolute atomic E-state index is 6.01. The average molecular weight is 237 g/mol. The fourth-order valence-corrected chi connectivity index (χ4v) is 3.98. The molecule has 2 aliphatic heterocycles. The number of piperidine rings is 1. The van der Waals surface area contributed by atoms with Crippen molar-refractivity contribution in [2.24, 2.45) is 5.73 Å². The van der Waals surface area contributed by atoms with Crippen LogP contribution in [0.3, 0.4) is 0 Å². The van der Waals surface area contributed by atoms with Crippen molar-refractivity contribution in [1.82, 2.24) is 9.80 Å². The van der Waals surface area contributed by atoms with E-state index in [9.17, 15) is 0 Å². The van der Waals surface area contributed by atoms with E-state index in [1.54, 1.807) is 0 Å². The Balaban J connectivity index is 1.54. The van der Waals surface area contributed by atoms with E-state index in [-0.39, 0.29) is 0 Å². The number of nitrogens with zero attached hydrogens (tertiary/aromatic N) is 2. The largest absolute Gasteiger partial charge is 0.328 e. The Morgan fingerprint density at radius 2 is 1.47 bits per heavy atom. The molecular weight excluding hydrogens is 210 g/mol. The predicted octanol–water partition coefficient (Wildman–Crippen LogP) is 1.43. The molecule has 0 aromatic carbocycles. The highest BCUT2D eigenvalue weighted by Gasteiger charge is 2.33. The predicted molar refractivity (Wildman–Crippen MR) is 71.0 cm³/mol. The number of hydrogen-bond acceptors (Lipinski definition) is 3. The Morgan fingerprint density at radius 1 is 0.706 bits per heavy atom. The van der Waals surface area contributed by atoms with Crippen molar-refractivity contribution >= 4 is 0 Å². The van der Waals surface area contributed by atoms with E-state index in [1.807, 2.05) is 0 Å². The van der Waals surface area contributed by atoms with Gasteiger partial charge in [-0.25, -0.2) is 0 Å². The molecule has 2 heterocycles. The summed E-state index contributed by atoms with van der Waals surface area (Å²) >= 11 is 0. The van der Waals surface area contributed by atoms with Gasteiger partial charge in [0.15, 0.2) is 0 Å². The number of hydrogen-bond donors (Lipinski definition) is 1. The van der Waals surface area contributed by atoms with Crippen LogP contribution in [0.1, 0.15) is 44.9 Å². The van der Waals surface area contributed by atoms with Crippen LogP contribution >= 0.6 is 0 Å². The molecule has 1 saturated carbocycles. The molecule has 2 N–H and O–H groups in total. The van der Waals surface area contributed by atoms with E-state index >= 15 is 0 Å². The molecule has 17 heavy (non-hydrogen) atoms. The Hall–Kier alpha value is -0.120. The first-order valence-corrected chi connectivity index (χ1v) is 7.56. The van der Waals surface area contributed by atoms with Crippen LogP contribution in [0.5, 0.6) is 0 Å². The van der Waals surface area contributed by atoms with Gasteiger partial charge >= 0.3 is 0 Å². The second-order valence-corrected chi connectivity index (χ2v) is 6.25. The van der Waals surface area contributed by atoms with Crippen LogP contribution in [0, 0.1) is 0 Å².